The molecular weight excluding hydrogens is 438 g/mol. The fourth-order valence-corrected chi connectivity index (χ4v) is 4.58. The molecule has 2 fully saturated rings. The lowest BCUT2D eigenvalue weighted by molar-refractivity contribution is -0.189. The monoisotopic (exact) mass is 467 g/mol. The molecule has 10 nitrogen and oxygen atoms in total. The molecule has 2 aliphatic rings. The molecule has 0 amide bonds. The van der Waals surface area contributed by atoms with Gasteiger partial charge in [0.25, 0.3) is 0 Å². The lowest BCUT2D eigenvalue weighted by Gasteiger charge is -2.43. The summed E-state index contributed by atoms with van der Waals surface area (Å²) in [6.07, 6.45) is 3.10. The van der Waals surface area contributed by atoms with Gasteiger partial charge in [-0.1, -0.05) is 7.43 Å². The molecule has 0 atom stereocenters. The second-order valence-corrected chi connectivity index (χ2v) is 8.86. The maximum atomic E-state index is 11.3. The zero-order valence-electron chi connectivity index (χ0n) is 18.2. The molecule has 0 bridgehead atoms. The summed E-state index contributed by atoms with van der Waals surface area (Å²) in [5.74, 6) is -0.961. The van der Waals surface area contributed by atoms with E-state index in [0.29, 0.717) is 5.65 Å². The predicted octanol–water partition coefficient (Wildman–Crippen LogP) is 3.27. The third-order valence-corrected chi connectivity index (χ3v) is 6.63. The van der Waals surface area contributed by atoms with Crippen LogP contribution in [-0.2, 0) is 14.3 Å². The van der Waals surface area contributed by atoms with E-state index < -0.39 is 17.4 Å². The Bertz CT molecular complexity index is 1180. The normalized spacial score (nSPS) is 18.3. The van der Waals surface area contributed by atoms with Gasteiger partial charge in [-0.15, -0.1) is 0 Å². The molecule has 3 N–H and O–H groups in total. The van der Waals surface area contributed by atoms with Gasteiger partial charge in [0.15, 0.2) is 11.1 Å². The lowest BCUT2D eigenvalue weighted by atomic mass is 9.66. The first-order chi connectivity index (χ1) is 15.8. The van der Waals surface area contributed by atoms with Gasteiger partial charge < -0.3 is 24.8 Å². The highest BCUT2D eigenvalue weighted by atomic mass is 16.5. The topological polar surface area (TPSA) is 142 Å². The Balaban J connectivity index is 0.00000274. The summed E-state index contributed by atoms with van der Waals surface area (Å²) in [6.45, 7) is 3.46. The van der Waals surface area contributed by atoms with Gasteiger partial charge in [0.2, 0.25) is 0 Å². The molecule has 0 aromatic carbocycles. The van der Waals surface area contributed by atoms with E-state index in [1.54, 1.807) is 6.20 Å². The molecule has 3 aromatic heterocycles. The Morgan fingerprint density at radius 1 is 1.06 bits per heavy atom. The van der Waals surface area contributed by atoms with Crippen LogP contribution in [0.3, 0.4) is 0 Å². The number of carboxylic acid groups (broad SMARTS) is 2. The van der Waals surface area contributed by atoms with Crippen LogP contribution in [0.1, 0.15) is 38.8 Å². The first-order valence-electron chi connectivity index (χ1n) is 11.0. The summed E-state index contributed by atoms with van der Waals surface area (Å²) in [6, 6.07) is 7.87. The largest absolute Gasteiger partial charge is 0.480 e. The highest BCUT2D eigenvalue weighted by molar-refractivity contribution is 5.99. The van der Waals surface area contributed by atoms with E-state index in [1.807, 2.05) is 31.2 Å². The smallest absolute Gasteiger partial charge is 0.321 e. The van der Waals surface area contributed by atoms with E-state index in [0.717, 1.165) is 54.3 Å². The van der Waals surface area contributed by atoms with Crippen LogP contribution in [0.25, 0.3) is 22.6 Å². The van der Waals surface area contributed by atoms with Gasteiger partial charge in [-0.3, -0.25) is 9.59 Å². The number of hydrogen-bond donors (Lipinski definition) is 3. The number of aromatic amines is 1. The Morgan fingerprint density at radius 3 is 2.38 bits per heavy atom. The van der Waals surface area contributed by atoms with Crippen molar-refractivity contribution in [2.24, 2.45) is 5.41 Å². The average molecular weight is 468 g/mol. The molecule has 0 spiro atoms. The van der Waals surface area contributed by atoms with Gasteiger partial charge in [-0.05, 0) is 44.0 Å². The molecule has 10 heteroatoms. The van der Waals surface area contributed by atoms with Gasteiger partial charge in [0.1, 0.15) is 11.6 Å². The van der Waals surface area contributed by atoms with Crippen molar-refractivity contribution < 1.29 is 24.5 Å². The maximum Gasteiger partial charge on any atom is 0.321 e. The zero-order chi connectivity index (χ0) is 23.2. The fourth-order valence-electron chi connectivity index (χ4n) is 4.58. The minimum Gasteiger partial charge on any atom is -0.480 e. The van der Waals surface area contributed by atoms with Crippen LogP contribution in [-0.4, -0.2) is 67.4 Å². The summed E-state index contributed by atoms with van der Waals surface area (Å²) in [5.41, 5.74) is 1.69. The molecule has 1 aliphatic carbocycles. The number of H-pyrrole nitrogens is 1. The SMILES string of the molecule is C.Cc1ccc2[nH]c(-c3ccc(N4CCC(OC5CC(C(=O)O)(C(=O)O)C5)CC4)nc3)nc2n1. The Kier molecular flexibility index (Phi) is 6.26. The van der Waals surface area contributed by atoms with E-state index in [9.17, 15) is 19.8 Å². The number of imidazole rings is 1. The average Bonchev–Trinajstić information content (AvgIpc) is 3.19. The van der Waals surface area contributed by atoms with Crippen molar-refractivity contribution in [3.63, 3.8) is 0 Å². The third-order valence-electron chi connectivity index (χ3n) is 6.63. The molecule has 1 saturated carbocycles. The number of nitrogens with one attached hydrogen (secondary N) is 1. The number of aromatic nitrogens is 4. The van der Waals surface area contributed by atoms with E-state index >= 15 is 0 Å². The number of carboxylic acids is 2. The predicted molar refractivity (Wildman–Crippen MR) is 126 cm³/mol. The molecule has 1 saturated heterocycles. The van der Waals surface area contributed by atoms with Crippen LogP contribution in [0.15, 0.2) is 30.5 Å². The zero-order valence-corrected chi connectivity index (χ0v) is 18.2. The number of aliphatic carboxylic acids is 2. The molecule has 180 valence electrons. The minimum absolute atomic E-state index is 0. The molecule has 1 aliphatic heterocycles. The number of anilines is 1. The molecular formula is C24H29N5O5. The van der Waals surface area contributed by atoms with Crippen LogP contribution in [0.5, 0.6) is 0 Å². The number of ether oxygens (including phenoxy) is 1. The van der Waals surface area contributed by atoms with Crippen LogP contribution in [0, 0.1) is 12.3 Å². The second-order valence-electron chi connectivity index (χ2n) is 8.86. The molecule has 4 heterocycles. The Labute approximate surface area is 197 Å². The Morgan fingerprint density at radius 2 is 1.76 bits per heavy atom. The van der Waals surface area contributed by atoms with Crippen molar-refractivity contribution in [2.45, 2.75) is 52.2 Å². The molecule has 3 aromatic rings. The van der Waals surface area contributed by atoms with Crippen molar-refractivity contribution in [3.05, 3.63) is 36.2 Å². The van der Waals surface area contributed by atoms with E-state index in [-0.39, 0.29) is 32.5 Å². The number of carbonyl (C=O) groups is 2. The van der Waals surface area contributed by atoms with Crippen LogP contribution in [0.4, 0.5) is 5.82 Å². The molecule has 0 radical (unpaired) electrons. The summed E-state index contributed by atoms with van der Waals surface area (Å²) in [4.78, 5) is 41.7. The number of nitrogens with zero attached hydrogens (tertiary/aromatic N) is 4. The first kappa shape index (κ1) is 23.6. The van der Waals surface area contributed by atoms with E-state index in [2.05, 4.69) is 24.8 Å². The summed E-state index contributed by atoms with van der Waals surface area (Å²) < 4.78 is 5.99. The van der Waals surface area contributed by atoms with Gasteiger partial charge >= 0.3 is 11.9 Å². The number of aryl methyl sites for hydroxylation is 1. The standard InChI is InChI=1S/C23H25N5O5.CH4/c1-13-2-4-17-20(25-13)27-19(26-17)14-3-5-18(24-12-14)28-8-6-15(7-9-28)33-16-10-23(11-16,21(29)30)22(31)32;/h2-5,12,15-16H,6-11H2,1H3,(H,29,30)(H,31,32)(H,25,26,27);1H4. The quantitative estimate of drug-likeness (QED) is 0.466. The van der Waals surface area contributed by atoms with Crippen molar-refractivity contribution >= 4 is 28.9 Å². The van der Waals surface area contributed by atoms with Crippen LogP contribution in [0.2, 0.25) is 0 Å². The highest BCUT2D eigenvalue weighted by Crippen LogP contribution is 2.44. The lowest BCUT2D eigenvalue weighted by Crippen LogP contribution is -2.54. The maximum absolute atomic E-state index is 11.3. The summed E-state index contributed by atoms with van der Waals surface area (Å²) >= 11 is 0. The van der Waals surface area contributed by atoms with Crippen LogP contribution >= 0.6 is 0 Å². The van der Waals surface area contributed by atoms with Gasteiger partial charge in [0, 0.05) is 43.4 Å². The molecule has 34 heavy (non-hydrogen) atoms. The number of hydrogen-bond acceptors (Lipinski definition) is 7. The van der Waals surface area contributed by atoms with Crippen molar-refractivity contribution in [1.82, 2.24) is 19.9 Å². The van der Waals surface area contributed by atoms with Gasteiger partial charge in [0.05, 0.1) is 17.7 Å². The Hall–Kier alpha value is -3.53. The number of rotatable bonds is 6. The number of pyridine rings is 2. The van der Waals surface area contributed by atoms with E-state index in [1.165, 1.54) is 0 Å². The number of fused-ring (bicyclic) bond motifs is 1. The summed E-state index contributed by atoms with van der Waals surface area (Å²) in [7, 11) is 0. The molecule has 0 unspecified atom stereocenters. The fraction of sp³-hybridized carbons (Fsp3) is 0.458. The minimum atomic E-state index is -1.69. The second kappa shape index (κ2) is 9.02. The summed E-state index contributed by atoms with van der Waals surface area (Å²) in [5, 5.41) is 18.4. The van der Waals surface area contributed by atoms with Gasteiger partial charge in [-0.25, -0.2) is 15.0 Å². The first-order valence-corrected chi connectivity index (χ1v) is 11.0. The highest BCUT2D eigenvalue weighted by Gasteiger charge is 2.57. The molecule has 5 rings (SSSR count). The van der Waals surface area contributed by atoms with Crippen molar-refractivity contribution in [1.29, 1.82) is 0 Å². The third kappa shape index (κ3) is 4.21. The van der Waals surface area contributed by atoms with Crippen molar-refractivity contribution in [3.8, 4) is 11.4 Å². The van der Waals surface area contributed by atoms with Crippen LogP contribution < -0.4 is 4.90 Å². The van der Waals surface area contributed by atoms with E-state index in [4.69, 9.17) is 4.74 Å². The van der Waals surface area contributed by atoms with Gasteiger partial charge in [-0.2, -0.15) is 0 Å². The number of piperidine rings is 1. The van der Waals surface area contributed by atoms with Crippen molar-refractivity contribution in [2.75, 3.05) is 18.0 Å².